The Kier molecular flexibility index (Phi) is 6.84. The number of carboxylic acid groups (broad SMARTS) is 1. The first kappa shape index (κ1) is 18.5. The zero-order valence-electron chi connectivity index (χ0n) is 13.7. The van der Waals surface area contributed by atoms with E-state index in [9.17, 15) is 14.4 Å². The van der Waals surface area contributed by atoms with Crippen molar-refractivity contribution < 1.29 is 24.2 Å². The predicted octanol–water partition coefficient (Wildman–Crippen LogP) is 2.12. The van der Waals surface area contributed by atoms with Crippen molar-refractivity contribution in [1.82, 2.24) is 5.32 Å². The second-order valence-electron chi connectivity index (χ2n) is 6.41. The van der Waals surface area contributed by atoms with Gasteiger partial charge in [0, 0.05) is 6.42 Å². The second kappa shape index (κ2) is 8.15. The van der Waals surface area contributed by atoms with E-state index in [4.69, 9.17) is 9.84 Å². The van der Waals surface area contributed by atoms with E-state index >= 15 is 0 Å². The summed E-state index contributed by atoms with van der Waals surface area (Å²) >= 11 is 0. The van der Waals surface area contributed by atoms with E-state index in [1.54, 1.807) is 0 Å². The van der Waals surface area contributed by atoms with Gasteiger partial charge in [-0.3, -0.25) is 9.59 Å². The molecule has 0 aliphatic heterocycles. The molecule has 2 atom stereocenters. The summed E-state index contributed by atoms with van der Waals surface area (Å²) in [6, 6.07) is -0.675. The zero-order valence-corrected chi connectivity index (χ0v) is 13.7. The fourth-order valence-corrected chi connectivity index (χ4v) is 3.22. The maximum absolute atomic E-state index is 12.3. The number of hydrogen-bond acceptors (Lipinski definition) is 4. The van der Waals surface area contributed by atoms with Crippen LogP contribution >= 0.6 is 0 Å². The molecule has 22 heavy (non-hydrogen) atoms. The fourth-order valence-electron chi connectivity index (χ4n) is 3.22. The third-order valence-corrected chi connectivity index (χ3v) is 4.71. The Morgan fingerprint density at radius 3 is 2.27 bits per heavy atom. The smallest absolute Gasteiger partial charge is 0.328 e. The highest BCUT2D eigenvalue weighted by molar-refractivity contribution is 5.85. The molecule has 1 aliphatic carbocycles. The molecule has 0 saturated heterocycles. The molecular formula is C16H27NO5. The molecule has 2 unspecified atom stereocenters. The van der Waals surface area contributed by atoms with Crippen molar-refractivity contribution in [3.63, 3.8) is 0 Å². The number of methoxy groups -OCH3 is 1. The van der Waals surface area contributed by atoms with Gasteiger partial charge in [0.25, 0.3) is 0 Å². The molecule has 6 heteroatoms. The third-order valence-electron chi connectivity index (χ3n) is 4.71. The molecule has 0 radical (unpaired) electrons. The molecule has 2 N–H and O–H groups in total. The number of rotatable bonds is 8. The minimum atomic E-state index is -0.874. The highest BCUT2D eigenvalue weighted by Crippen LogP contribution is 2.44. The summed E-state index contributed by atoms with van der Waals surface area (Å²) in [5, 5.41) is 11.8. The Balaban J connectivity index is 2.72. The normalized spacial score (nSPS) is 19.2. The Morgan fingerprint density at radius 1 is 1.23 bits per heavy atom. The van der Waals surface area contributed by atoms with Crippen molar-refractivity contribution in [2.24, 2.45) is 11.3 Å². The van der Waals surface area contributed by atoms with Gasteiger partial charge in [-0.15, -0.1) is 0 Å². The van der Waals surface area contributed by atoms with Crippen LogP contribution < -0.4 is 5.32 Å². The predicted molar refractivity (Wildman–Crippen MR) is 81.2 cm³/mol. The highest BCUT2D eigenvalue weighted by atomic mass is 16.5. The lowest BCUT2D eigenvalue weighted by molar-refractivity contribution is -0.147. The monoisotopic (exact) mass is 313 g/mol. The van der Waals surface area contributed by atoms with E-state index < -0.39 is 23.4 Å². The van der Waals surface area contributed by atoms with Crippen molar-refractivity contribution in [1.29, 1.82) is 0 Å². The number of ether oxygens (including phenoxy) is 1. The van der Waals surface area contributed by atoms with Crippen LogP contribution in [0.25, 0.3) is 0 Å². The van der Waals surface area contributed by atoms with Crippen molar-refractivity contribution in [3.05, 3.63) is 0 Å². The van der Waals surface area contributed by atoms with Gasteiger partial charge >= 0.3 is 11.9 Å². The van der Waals surface area contributed by atoms with Crippen LogP contribution in [0.3, 0.4) is 0 Å². The number of amides is 1. The summed E-state index contributed by atoms with van der Waals surface area (Å²) in [6.45, 7) is 3.82. The maximum atomic E-state index is 12.3. The van der Waals surface area contributed by atoms with Crippen molar-refractivity contribution in [2.45, 2.75) is 64.8 Å². The van der Waals surface area contributed by atoms with Gasteiger partial charge in [0.15, 0.2) is 0 Å². The van der Waals surface area contributed by atoms with E-state index in [-0.39, 0.29) is 24.7 Å². The SMILES string of the molecule is CCC(C)C(NC(=O)CC1(CC(=O)O)CCCC1)C(=O)OC. The van der Waals surface area contributed by atoms with Crippen molar-refractivity contribution in [3.8, 4) is 0 Å². The van der Waals surface area contributed by atoms with Crippen molar-refractivity contribution in [2.75, 3.05) is 7.11 Å². The Labute approximate surface area is 131 Å². The summed E-state index contributed by atoms with van der Waals surface area (Å²) in [5.74, 6) is -1.63. The molecule has 1 saturated carbocycles. The van der Waals surface area contributed by atoms with Crippen LogP contribution in [0.5, 0.6) is 0 Å². The zero-order chi connectivity index (χ0) is 16.8. The lowest BCUT2D eigenvalue weighted by Crippen LogP contribution is -2.47. The first-order valence-corrected chi connectivity index (χ1v) is 7.92. The number of aliphatic carboxylic acids is 1. The number of carbonyl (C=O) groups is 3. The Morgan fingerprint density at radius 2 is 1.82 bits per heavy atom. The molecule has 126 valence electrons. The minimum Gasteiger partial charge on any atom is -0.481 e. The summed E-state index contributed by atoms with van der Waals surface area (Å²) < 4.78 is 4.75. The molecule has 1 rings (SSSR count). The minimum absolute atomic E-state index is 0.00659. The standard InChI is InChI=1S/C16H27NO5/c1-4-11(2)14(15(21)22-3)17-12(18)9-16(10-13(19)20)7-5-6-8-16/h11,14H,4-10H2,1-3H3,(H,17,18)(H,19,20). The lowest BCUT2D eigenvalue weighted by atomic mass is 9.79. The number of nitrogens with one attached hydrogen (secondary N) is 1. The van der Waals surface area contributed by atoms with E-state index in [0.29, 0.717) is 0 Å². The number of hydrogen-bond donors (Lipinski definition) is 2. The van der Waals surface area contributed by atoms with Crippen LogP contribution in [0.15, 0.2) is 0 Å². The van der Waals surface area contributed by atoms with Gasteiger partial charge in [0.1, 0.15) is 6.04 Å². The molecule has 6 nitrogen and oxygen atoms in total. The molecular weight excluding hydrogens is 286 g/mol. The van der Waals surface area contributed by atoms with Gasteiger partial charge in [0.05, 0.1) is 13.5 Å². The van der Waals surface area contributed by atoms with E-state index in [1.807, 2.05) is 13.8 Å². The summed E-state index contributed by atoms with van der Waals surface area (Å²) in [4.78, 5) is 35.2. The van der Waals surface area contributed by atoms with Crippen LogP contribution in [0.4, 0.5) is 0 Å². The molecule has 1 amide bonds. The van der Waals surface area contributed by atoms with Gasteiger partial charge in [-0.1, -0.05) is 33.1 Å². The molecule has 0 aromatic carbocycles. The van der Waals surface area contributed by atoms with Crippen LogP contribution in [-0.2, 0) is 19.1 Å². The Bertz CT molecular complexity index is 415. The molecule has 0 heterocycles. The summed E-state index contributed by atoms with van der Waals surface area (Å²) in [5.41, 5.74) is -0.466. The van der Waals surface area contributed by atoms with Gasteiger partial charge in [-0.05, 0) is 24.2 Å². The van der Waals surface area contributed by atoms with E-state index in [2.05, 4.69) is 5.32 Å². The first-order chi connectivity index (χ1) is 10.3. The molecule has 0 aromatic rings. The lowest BCUT2D eigenvalue weighted by Gasteiger charge is -2.28. The van der Waals surface area contributed by atoms with E-state index in [0.717, 1.165) is 32.1 Å². The Hall–Kier alpha value is -1.59. The average molecular weight is 313 g/mol. The molecule has 0 aromatic heterocycles. The largest absolute Gasteiger partial charge is 0.481 e. The average Bonchev–Trinajstić information content (AvgIpc) is 2.90. The van der Waals surface area contributed by atoms with Crippen LogP contribution in [-0.4, -0.2) is 36.1 Å². The number of carboxylic acids is 1. The van der Waals surface area contributed by atoms with E-state index in [1.165, 1.54) is 7.11 Å². The van der Waals surface area contributed by atoms with Gasteiger partial charge in [0.2, 0.25) is 5.91 Å². The first-order valence-electron chi connectivity index (χ1n) is 7.92. The summed E-state index contributed by atoms with van der Waals surface area (Å²) in [7, 11) is 1.30. The molecule has 1 fully saturated rings. The van der Waals surface area contributed by atoms with Crippen molar-refractivity contribution >= 4 is 17.8 Å². The second-order valence-corrected chi connectivity index (χ2v) is 6.41. The van der Waals surface area contributed by atoms with Crippen LogP contribution in [0, 0.1) is 11.3 Å². The molecule has 0 bridgehead atoms. The highest BCUT2D eigenvalue weighted by Gasteiger charge is 2.39. The van der Waals surface area contributed by atoms with Crippen LogP contribution in [0.2, 0.25) is 0 Å². The maximum Gasteiger partial charge on any atom is 0.328 e. The van der Waals surface area contributed by atoms with Gasteiger partial charge < -0.3 is 15.2 Å². The quantitative estimate of drug-likeness (QED) is 0.670. The topological polar surface area (TPSA) is 92.7 Å². The van der Waals surface area contributed by atoms with Gasteiger partial charge in [-0.2, -0.15) is 0 Å². The van der Waals surface area contributed by atoms with Crippen LogP contribution in [0.1, 0.15) is 58.8 Å². The number of carbonyl (C=O) groups excluding carboxylic acids is 2. The molecule has 0 spiro atoms. The number of esters is 1. The third kappa shape index (κ3) is 5.00. The summed E-state index contributed by atoms with van der Waals surface area (Å²) in [6.07, 6.45) is 4.30. The fraction of sp³-hybridized carbons (Fsp3) is 0.812. The van der Waals surface area contributed by atoms with Gasteiger partial charge in [-0.25, -0.2) is 4.79 Å². The molecule has 1 aliphatic rings.